The highest BCUT2D eigenvalue weighted by molar-refractivity contribution is 5.69. The van der Waals surface area contributed by atoms with Crippen LogP contribution in [-0.2, 0) is 4.79 Å². The van der Waals surface area contributed by atoms with Gasteiger partial charge < -0.3 is 4.74 Å². The molecule has 0 amide bonds. The third-order valence-electron chi connectivity index (χ3n) is 5.04. The van der Waals surface area contributed by atoms with Crippen molar-refractivity contribution in [3.05, 3.63) is 53.6 Å². The Kier molecular flexibility index (Phi) is 8.40. The van der Waals surface area contributed by atoms with Gasteiger partial charge in [0.15, 0.2) is 6.29 Å². The van der Waals surface area contributed by atoms with Crippen molar-refractivity contribution < 1.29 is 9.53 Å². The second-order valence-electron chi connectivity index (χ2n) is 6.77. The fourth-order valence-electron chi connectivity index (χ4n) is 3.76. The number of hydrogen-bond acceptors (Lipinski definition) is 2. The standard InChI is InChI=1S/C22H26O2.C2H6/c1-17-15-19(18-7-4-2-3-5-8-18)11-12-22(17)20-9-6-10-21(16-20)24-14-13-23;1-2/h6,9-13,15-16,18H,2-5,7-8,14H2,1H3;1-2H3. The lowest BCUT2D eigenvalue weighted by atomic mass is 9.88. The molecular formula is C24H32O2. The lowest BCUT2D eigenvalue weighted by molar-refractivity contribution is -0.109. The molecule has 0 atom stereocenters. The molecule has 140 valence electrons. The van der Waals surface area contributed by atoms with Gasteiger partial charge in [0.1, 0.15) is 12.4 Å². The summed E-state index contributed by atoms with van der Waals surface area (Å²) in [5.74, 6) is 1.47. The predicted molar refractivity (Wildman–Crippen MR) is 110 cm³/mol. The van der Waals surface area contributed by atoms with E-state index in [0.29, 0.717) is 0 Å². The summed E-state index contributed by atoms with van der Waals surface area (Å²) in [7, 11) is 0. The zero-order chi connectivity index (χ0) is 18.8. The van der Waals surface area contributed by atoms with Crippen LogP contribution in [0.25, 0.3) is 11.1 Å². The Hall–Kier alpha value is -2.09. The third kappa shape index (κ3) is 5.45. The van der Waals surface area contributed by atoms with E-state index in [4.69, 9.17) is 4.74 Å². The SMILES string of the molecule is CC.Cc1cc(C2CCCCCC2)ccc1-c1cccc(OCC=O)c1. The average Bonchev–Trinajstić information content (AvgIpc) is 2.97. The molecule has 2 aromatic carbocycles. The lowest BCUT2D eigenvalue weighted by Crippen LogP contribution is -1.99. The molecule has 0 heterocycles. The van der Waals surface area contributed by atoms with Crippen molar-refractivity contribution in [3.8, 4) is 16.9 Å². The van der Waals surface area contributed by atoms with Crippen molar-refractivity contribution in [3.63, 3.8) is 0 Å². The molecule has 0 spiro atoms. The predicted octanol–water partition coefficient (Wildman–Crippen LogP) is 6.70. The largest absolute Gasteiger partial charge is 0.486 e. The van der Waals surface area contributed by atoms with Crippen molar-refractivity contribution in [2.75, 3.05) is 6.61 Å². The van der Waals surface area contributed by atoms with Crippen LogP contribution in [0.5, 0.6) is 5.75 Å². The van der Waals surface area contributed by atoms with Gasteiger partial charge in [-0.05, 0) is 60.1 Å². The van der Waals surface area contributed by atoms with Crippen LogP contribution < -0.4 is 4.74 Å². The van der Waals surface area contributed by atoms with Crippen LogP contribution in [-0.4, -0.2) is 12.9 Å². The fourth-order valence-corrected chi connectivity index (χ4v) is 3.76. The minimum absolute atomic E-state index is 0.100. The molecule has 1 saturated carbocycles. The highest BCUT2D eigenvalue weighted by atomic mass is 16.5. The van der Waals surface area contributed by atoms with E-state index >= 15 is 0 Å². The van der Waals surface area contributed by atoms with Gasteiger partial charge in [-0.2, -0.15) is 0 Å². The number of carbonyl (C=O) groups excluding carboxylic acids is 1. The first kappa shape index (κ1) is 20.2. The van der Waals surface area contributed by atoms with Crippen LogP contribution in [0.2, 0.25) is 0 Å². The molecule has 0 unspecified atom stereocenters. The number of aryl methyl sites for hydroxylation is 1. The number of carbonyl (C=O) groups is 1. The Morgan fingerprint density at radius 2 is 1.73 bits per heavy atom. The van der Waals surface area contributed by atoms with Crippen LogP contribution >= 0.6 is 0 Å². The molecule has 1 fully saturated rings. The van der Waals surface area contributed by atoms with Crippen molar-refractivity contribution >= 4 is 6.29 Å². The smallest absolute Gasteiger partial charge is 0.157 e. The van der Waals surface area contributed by atoms with E-state index in [0.717, 1.165) is 23.5 Å². The maximum atomic E-state index is 10.5. The van der Waals surface area contributed by atoms with Gasteiger partial charge in [0.2, 0.25) is 0 Å². The number of benzene rings is 2. The van der Waals surface area contributed by atoms with Gasteiger partial charge in [0.05, 0.1) is 0 Å². The molecule has 0 saturated heterocycles. The summed E-state index contributed by atoms with van der Waals surface area (Å²) < 4.78 is 5.42. The highest BCUT2D eigenvalue weighted by Crippen LogP contribution is 2.34. The Balaban J connectivity index is 0.00000117. The minimum Gasteiger partial charge on any atom is -0.486 e. The van der Waals surface area contributed by atoms with Crippen LogP contribution in [0.15, 0.2) is 42.5 Å². The van der Waals surface area contributed by atoms with Crippen LogP contribution in [0.1, 0.15) is 69.4 Å². The first-order valence-corrected chi connectivity index (χ1v) is 10.1. The normalized spacial score (nSPS) is 14.7. The van der Waals surface area contributed by atoms with Gasteiger partial charge >= 0.3 is 0 Å². The van der Waals surface area contributed by atoms with Gasteiger partial charge in [-0.25, -0.2) is 0 Å². The molecule has 1 aliphatic carbocycles. The van der Waals surface area contributed by atoms with Crippen LogP contribution in [0.4, 0.5) is 0 Å². The Morgan fingerprint density at radius 1 is 1.00 bits per heavy atom. The molecule has 0 aliphatic heterocycles. The Bertz CT molecular complexity index is 682. The summed E-state index contributed by atoms with van der Waals surface area (Å²) in [6.07, 6.45) is 8.94. The Labute approximate surface area is 158 Å². The van der Waals surface area contributed by atoms with E-state index in [-0.39, 0.29) is 6.61 Å². The zero-order valence-corrected chi connectivity index (χ0v) is 16.5. The van der Waals surface area contributed by atoms with E-state index in [1.807, 2.05) is 32.0 Å². The molecule has 1 aliphatic rings. The van der Waals surface area contributed by atoms with E-state index in [2.05, 4.69) is 31.2 Å². The summed E-state index contributed by atoms with van der Waals surface area (Å²) in [6, 6.07) is 14.9. The van der Waals surface area contributed by atoms with Gasteiger partial charge in [-0.15, -0.1) is 0 Å². The van der Waals surface area contributed by atoms with Crippen molar-refractivity contribution in [2.45, 2.75) is 65.2 Å². The minimum atomic E-state index is 0.100. The summed E-state index contributed by atoms with van der Waals surface area (Å²) in [5, 5.41) is 0. The third-order valence-corrected chi connectivity index (χ3v) is 5.04. The van der Waals surface area contributed by atoms with E-state index in [1.165, 1.54) is 55.2 Å². The van der Waals surface area contributed by atoms with Gasteiger partial charge in [-0.1, -0.05) is 69.9 Å². The fraction of sp³-hybridized carbons (Fsp3) is 0.458. The molecular weight excluding hydrogens is 320 g/mol. The van der Waals surface area contributed by atoms with E-state index < -0.39 is 0 Å². The van der Waals surface area contributed by atoms with E-state index in [1.54, 1.807) is 0 Å². The van der Waals surface area contributed by atoms with Crippen molar-refractivity contribution in [1.29, 1.82) is 0 Å². The topological polar surface area (TPSA) is 26.3 Å². The first-order chi connectivity index (χ1) is 12.8. The van der Waals surface area contributed by atoms with Gasteiger partial charge in [-0.3, -0.25) is 4.79 Å². The molecule has 3 rings (SSSR count). The molecule has 2 aromatic rings. The second-order valence-corrected chi connectivity index (χ2v) is 6.77. The maximum absolute atomic E-state index is 10.5. The quantitative estimate of drug-likeness (QED) is 0.442. The molecule has 0 bridgehead atoms. The van der Waals surface area contributed by atoms with Crippen molar-refractivity contribution in [2.24, 2.45) is 0 Å². The summed E-state index contributed by atoms with van der Waals surface area (Å²) in [5.41, 5.74) is 5.18. The molecule has 0 radical (unpaired) electrons. The second kappa shape index (κ2) is 10.8. The summed E-state index contributed by atoms with van der Waals surface area (Å²) >= 11 is 0. The monoisotopic (exact) mass is 352 g/mol. The van der Waals surface area contributed by atoms with Crippen LogP contribution in [0.3, 0.4) is 0 Å². The maximum Gasteiger partial charge on any atom is 0.157 e. The lowest BCUT2D eigenvalue weighted by Gasteiger charge is -2.17. The number of hydrogen-bond donors (Lipinski definition) is 0. The molecule has 26 heavy (non-hydrogen) atoms. The molecule has 2 heteroatoms. The molecule has 0 aromatic heterocycles. The van der Waals surface area contributed by atoms with Gasteiger partial charge in [0, 0.05) is 0 Å². The number of aldehydes is 1. The highest BCUT2D eigenvalue weighted by Gasteiger charge is 2.15. The summed E-state index contributed by atoms with van der Waals surface area (Å²) in [4.78, 5) is 10.5. The molecule has 2 nitrogen and oxygen atoms in total. The van der Waals surface area contributed by atoms with E-state index in [9.17, 15) is 4.79 Å². The first-order valence-electron chi connectivity index (χ1n) is 10.1. The van der Waals surface area contributed by atoms with Crippen LogP contribution in [0, 0.1) is 6.92 Å². The molecule has 0 N–H and O–H groups in total. The van der Waals surface area contributed by atoms with Crippen molar-refractivity contribution in [1.82, 2.24) is 0 Å². The number of rotatable bonds is 5. The average molecular weight is 353 g/mol. The van der Waals surface area contributed by atoms with Gasteiger partial charge in [0.25, 0.3) is 0 Å². The Morgan fingerprint density at radius 3 is 2.38 bits per heavy atom. The zero-order valence-electron chi connectivity index (χ0n) is 16.5. The number of ether oxygens (including phenoxy) is 1. The summed E-state index contributed by atoms with van der Waals surface area (Å²) in [6.45, 7) is 6.29.